The molecule has 0 bridgehead atoms. The van der Waals surface area contributed by atoms with Gasteiger partial charge in [-0.05, 0) is 62.5 Å². The Morgan fingerprint density at radius 3 is 2.30 bits per heavy atom. The SMILES string of the molecule is CCCCCCCCCCOC1=CCC(C2CCC(CC(F)F)(C(=O)O)CC2)C=C1. The third kappa shape index (κ3) is 8.03. The van der Waals surface area contributed by atoms with E-state index in [4.69, 9.17) is 4.74 Å². The van der Waals surface area contributed by atoms with Gasteiger partial charge >= 0.3 is 5.97 Å². The van der Waals surface area contributed by atoms with Gasteiger partial charge in [0, 0.05) is 6.42 Å². The fourth-order valence-electron chi connectivity index (χ4n) is 4.92. The molecule has 2 aliphatic carbocycles. The van der Waals surface area contributed by atoms with E-state index in [1.807, 2.05) is 6.08 Å². The zero-order chi connectivity index (χ0) is 21.8. The molecule has 1 saturated carbocycles. The van der Waals surface area contributed by atoms with E-state index in [0.29, 0.717) is 37.5 Å². The van der Waals surface area contributed by atoms with Crippen LogP contribution in [0, 0.1) is 17.3 Å². The van der Waals surface area contributed by atoms with Crippen LogP contribution in [-0.4, -0.2) is 24.1 Å². The van der Waals surface area contributed by atoms with E-state index in [-0.39, 0.29) is 0 Å². The number of hydrogen-bond acceptors (Lipinski definition) is 2. The number of halogens is 2. The molecule has 0 saturated heterocycles. The van der Waals surface area contributed by atoms with Gasteiger partial charge in [0.05, 0.1) is 12.0 Å². The molecule has 2 rings (SSSR count). The highest BCUT2D eigenvalue weighted by Crippen LogP contribution is 2.46. The van der Waals surface area contributed by atoms with Crippen LogP contribution in [0.3, 0.4) is 0 Å². The van der Waals surface area contributed by atoms with Crippen molar-refractivity contribution in [1.29, 1.82) is 0 Å². The Kier molecular flexibility index (Phi) is 10.9. The van der Waals surface area contributed by atoms with Gasteiger partial charge in [0.2, 0.25) is 6.43 Å². The van der Waals surface area contributed by atoms with Gasteiger partial charge in [-0.2, -0.15) is 0 Å². The summed E-state index contributed by atoms with van der Waals surface area (Å²) in [4.78, 5) is 11.6. The molecule has 172 valence electrons. The van der Waals surface area contributed by atoms with Crippen molar-refractivity contribution in [2.75, 3.05) is 6.61 Å². The zero-order valence-corrected chi connectivity index (χ0v) is 18.6. The first-order chi connectivity index (χ1) is 14.5. The lowest BCUT2D eigenvalue weighted by Crippen LogP contribution is -2.38. The van der Waals surface area contributed by atoms with Crippen molar-refractivity contribution < 1.29 is 23.4 Å². The molecule has 0 aliphatic heterocycles. The molecule has 1 unspecified atom stereocenters. The predicted molar refractivity (Wildman–Crippen MR) is 117 cm³/mol. The number of carboxylic acid groups (broad SMARTS) is 1. The molecule has 0 amide bonds. The first kappa shape index (κ1) is 24.9. The number of allylic oxidation sites excluding steroid dienone is 3. The minimum Gasteiger partial charge on any atom is -0.494 e. The summed E-state index contributed by atoms with van der Waals surface area (Å²) in [5, 5.41) is 9.48. The summed E-state index contributed by atoms with van der Waals surface area (Å²) in [6, 6.07) is 0. The van der Waals surface area contributed by atoms with Crippen LogP contribution in [-0.2, 0) is 9.53 Å². The standard InChI is InChI=1S/C25H40F2O3/c1-2-3-4-5-6-7-8-9-18-30-22-12-10-20(11-13-22)21-14-16-25(17-15-21,24(28)29)19-23(26)27/h10,12-13,20-21,23H,2-9,11,14-19H2,1H3,(H,28,29). The normalized spacial score (nSPS) is 26.6. The Balaban J connectivity index is 1.62. The summed E-state index contributed by atoms with van der Waals surface area (Å²) in [6.45, 7) is 3.00. The molecule has 0 heterocycles. The van der Waals surface area contributed by atoms with E-state index in [2.05, 4.69) is 19.1 Å². The third-order valence-corrected chi connectivity index (χ3v) is 6.96. The molecule has 1 atom stereocenters. The molecule has 30 heavy (non-hydrogen) atoms. The second-order valence-electron chi connectivity index (χ2n) is 9.21. The van der Waals surface area contributed by atoms with Crippen molar-refractivity contribution >= 4 is 5.97 Å². The summed E-state index contributed by atoms with van der Waals surface area (Å²) in [7, 11) is 0. The van der Waals surface area contributed by atoms with Gasteiger partial charge in [-0.1, -0.05) is 57.9 Å². The average Bonchev–Trinajstić information content (AvgIpc) is 2.73. The number of alkyl halides is 2. The molecule has 2 aliphatic rings. The lowest BCUT2D eigenvalue weighted by atomic mass is 9.65. The quantitative estimate of drug-likeness (QED) is 0.292. The molecule has 0 spiro atoms. The average molecular weight is 427 g/mol. The molecule has 0 radical (unpaired) electrons. The molecule has 5 heteroatoms. The fraction of sp³-hybridized carbons (Fsp3) is 0.800. The second kappa shape index (κ2) is 13.1. The van der Waals surface area contributed by atoms with E-state index in [1.54, 1.807) is 0 Å². The van der Waals surface area contributed by atoms with Gasteiger partial charge in [-0.15, -0.1) is 0 Å². The Morgan fingerprint density at radius 2 is 1.77 bits per heavy atom. The summed E-state index contributed by atoms with van der Waals surface area (Å²) < 4.78 is 31.6. The van der Waals surface area contributed by atoms with Crippen LogP contribution in [0.2, 0.25) is 0 Å². The fourth-order valence-corrected chi connectivity index (χ4v) is 4.92. The van der Waals surface area contributed by atoms with Gasteiger partial charge < -0.3 is 9.84 Å². The molecule has 0 aromatic rings. The number of aliphatic carboxylic acids is 1. The molecule has 3 nitrogen and oxygen atoms in total. The van der Waals surface area contributed by atoms with E-state index < -0.39 is 24.2 Å². The van der Waals surface area contributed by atoms with Crippen molar-refractivity contribution in [2.45, 2.75) is 103 Å². The Morgan fingerprint density at radius 1 is 1.13 bits per heavy atom. The highest BCUT2D eigenvalue weighted by Gasteiger charge is 2.44. The van der Waals surface area contributed by atoms with Crippen molar-refractivity contribution in [1.82, 2.24) is 0 Å². The predicted octanol–water partition coefficient (Wildman–Crippen LogP) is 7.52. The Labute approximate surface area is 181 Å². The maximum absolute atomic E-state index is 12.9. The van der Waals surface area contributed by atoms with Crippen molar-refractivity contribution in [2.24, 2.45) is 17.3 Å². The number of carboxylic acids is 1. The van der Waals surface area contributed by atoms with Crippen LogP contribution in [0.25, 0.3) is 0 Å². The molecular weight excluding hydrogens is 386 g/mol. The summed E-state index contributed by atoms with van der Waals surface area (Å²) in [6.07, 6.45) is 16.5. The van der Waals surface area contributed by atoms with Crippen LogP contribution >= 0.6 is 0 Å². The molecule has 0 aromatic carbocycles. The van der Waals surface area contributed by atoms with Crippen molar-refractivity contribution in [3.05, 3.63) is 24.0 Å². The Bertz CT molecular complexity index is 563. The van der Waals surface area contributed by atoms with Crippen LogP contribution < -0.4 is 0 Å². The summed E-state index contributed by atoms with van der Waals surface area (Å²) >= 11 is 0. The van der Waals surface area contributed by atoms with Crippen molar-refractivity contribution in [3.8, 4) is 0 Å². The summed E-state index contributed by atoms with van der Waals surface area (Å²) in [5.74, 6) is 0.607. The van der Waals surface area contributed by atoms with Crippen LogP contribution in [0.5, 0.6) is 0 Å². The monoisotopic (exact) mass is 426 g/mol. The van der Waals surface area contributed by atoms with Gasteiger partial charge in [0.1, 0.15) is 5.76 Å². The molecule has 0 aromatic heterocycles. The summed E-state index contributed by atoms with van der Waals surface area (Å²) in [5.41, 5.74) is -1.23. The maximum atomic E-state index is 12.9. The lowest BCUT2D eigenvalue weighted by Gasteiger charge is -2.39. The zero-order valence-electron chi connectivity index (χ0n) is 18.6. The minimum atomic E-state index is -2.56. The van der Waals surface area contributed by atoms with E-state index >= 15 is 0 Å². The minimum absolute atomic E-state index is 0.354. The highest BCUT2D eigenvalue weighted by atomic mass is 19.3. The van der Waals surface area contributed by atoms with Gasteiger partial charge in [0.15, 0.2) is 0 Å². The maximum Gasteiger partial charge on any atom is 0.309 e. The number of ether oxygens (including phenoxy) is 1. The molecular formula is C25H40F2O3. The molecule has 1 fully saturated rings. The first-order valence-corrected chi connectivity index (χ1v) is 12.0. The number of rotatable bonds is 14. The second-order valence-corrected chi connectivity index (χ2v) is 9.21. The van der Waals surface area contributed by atoms with Gasteiger partial charge in [-0.3, -0.25) is 4.79 Å². The third-order valence-electron chi connectivity index (χ3n) is 6.96. The highest BCUT2D eigenvalue weighted by molar-refractivity contribution is 5.74. The van der Waals surface area contributed by atoms with Crippen molar-refractivity contribution in [3.63, 3.8) is 0 Å². The first-order valence-electron chi connectivity index (χ1n) is 12.0. The van der Waals surface area contributed by atoms with E-state index in [1.165, 1.54) is 44.9 Å². The van der Waals surface area contributed by atoms with Gasteiger partial charge in [-0.25, -0.2) is 8.78 Å². The number of unbranched alkanes of at least 4 members (excludes halogenated alkanes) is 7. The van der Waals surface area contributed by atoms with Crippen LogP contribution in [0.15, 0.2) is 24.0 Å². The number of carbonyl (C=O) groups is 1. The number of hydrogen-bond donors (Lipinski definition) is 1. The lowest BCUT2D eigenvalue weighted by molar-refractivity contribution is -0.155. The van der Waals surface area contributed by atoms with Crippen LogP contribution in [0.4, 0.5) is 8.78 Å². The van der Waals surface area contributed by atoms with E-state index in [0.717, 1.165) is 25.2 Å². The largest absolute Gasteiger partial charge is 0.494 e. The van der Waals surface area contributed by atoms with E-state index in [9.17, 15) is 18.7 Å². The van der Waals surface area contributed by atoms with Gasteiger partial charge in [0.25, 0.3) is 0 Å². The topological polar surface area (TPSA) is 46.5 Å². The smallest absolute Gasteiger partial charge is 0.309 e. The van der Waals surface area contributed by atoms with Crippen LogP contribution in [0.1, 0.15) is 96.8 Å². The Hall–Kier alpha value is -1.39. The molecule has 1 N–H and O–H groups in total.